The maximum atomic E-state index is 13.7. The van der Waals surface area contributed by atoms with Crippen LogP contribution in [0.25, 0.3) is 0 Å². The van der Waals surface area contributed by atoms with E-state index in [4.69, 9.17) is 0 Å². The van der Waals surface area contributed by atoms with Gasteiger partial charge in [0.15, 0.2) is 0 Å². The highest BCUT2D eigenvalue weighted by molar-refractivity contribution is 5.29. The van der Waals surface area contributed by atoms with Crippen molar-refractivity contribution >= 4 is 0 Å². The Morgan fingerprint density at radius 1 is 1.14 bits per heavy atom. The van der Waals surface area contributed by atoms with E-state index < -0.39 is 17.6 Å². The molecular formula is C18H24F4. The fraction of sp³-hybridized carbons (Fsp3) is 0.667. The molecule has 4 heteroatoms. The molecule has 1 unspecified atom stereocenters. The van der Waals surface area contributed by atoms with Crippen LogP contribution in [0.1, 0.15) is 69.4 Å². The third-order valence-corrected chi connectivity index (χ3v) is 5.09. The molecule has 1 saturated carbocycles. The van der Waals surface area contributed by atoms with E-state index in [1.165, 1.54) is 18.9 Å². The molecule has 0 aliphatic heterocycles. The quantitative estimate of drug-likeness (QED) is 0.552. The average molecular weight is 316 g/mol. The lowest BCUT2D eigenvalue weighted by atomic mass is 9.73. The Morgan fingerprint density at radius 3 is 2.27 bits per heavy atom. The van der Waals surface area contributed by atoms with Gasteiger partial charge in [0.25, 0.3) is 0 Å². The lowest BCUT2D eigenvalue weighted by Gasteiger charge is -2.32. The largest absolute Gasteiger partial charge is 0.419 e. The van der Waals surface area contributed by atoms with Crippen molar-refractivity contribution in [2.75, 3.05) is 0 Å². The van der Waals surface area contributed by atoms with Crippen molar-refractivity contribution in [2.45, 2.75) is 64.5 Å². The number of rotatable bonds is 4. The van der Waals surface area contributed by atoms with Gasteiger partial charge in [-0.2, -0.15) is 13.2 Å². The van der Waals surface area contributed by atoms with Crippen molar-refractivity contribution in [3.63, 3.8) is 0 Å². The molecule has 0 bridgehead atoms. The molecule has 1 aromatic rings. The summed E-state index contributed by atoms with van der Waals surface area (Å²) in [4.78, 5) is 0. The predicted octanol–water partition coefficient (Wildman–Crippen LogP) is 6.55. The van der Waals surface area contributed by atoms with Crippen molar-refractivity contribution in [3.05, 3.63) is 35.1 Å². The standard InChI is InChI=1S/C18H24F4/c1-3-4-12(2)13-5-7-14(8-6-13)15-9-10-16(17(19)11-15)18(20,21)22/h9-14H,3-8H2,1-2H3. The molecule has 0 nitrogen and oxygen atoms in total. The van der Waals surface area contributed by atoms with Gasteiger partial charge >= 0.3 is 6.18 Å². The first-order valence-corrected chi connectivity index (χ1v) is 8.19. The monoisotopic (exact) mass is 316 g/mol. The molecule has 1 aromatic carbocycles. The SMILES string of the molecule is CCCC(C)C1CCC(c2ccc(C(F)(F)F)c(F)c2)CC1. The summed E-state index contributed by atoms with van der Waals surface area (Å²) >= 11 is 0. The van der Waals surface area contributed by atoms with Gasteiger partial charge in [0, 0.05) is 0 Å². The van der Waals surface area contributed by atoms with E-state index in [9.17, 15) is 17.6 Å². The normalized spacial score (nSPS) is 24.3. The van der Waals surface area contributed by atoms with Crippen LogP contribution in [-0.2, 0) is 6.18 Å². The van der Waals surface area contributed by atoms with Gasteiger partial charge < -0.3 is 0 Å². The lowest BCUT2D eigenvalue weighted by molar-refractivity contribution is -0.140. The molecule has 1 fully saturated rings. The molecule has 0 saturated heterocycles. The van der Waals surface area contributed by atoms with Crippen molar-refractivity contribution in [1.82, 2.24) is 0 Å². The topological polar surface area (TPSA) is 0 Å². The molecule has 0 N–H and O–H groups in total. The maximum Gasteiger partial charge on any atom is 0.419 e. The van der Waals surface area contributed by atoms with E-state index in [2.05, 4.69) is 13.8 Å². The second kappa shape index (κ2) is 7.01. The van der Waals surface area contributed by atoms with Crippen LogP contribution in [0.4, 0.5) is 17.6 Å². The van der Waals surface area contributed by atoms with Crippen LogP contribution in [0.2, 0.25) is 0 Å². The van der Waals surface area contributed by atoms with Gasteiger partial charge in [0.05, 0.1) is 5.56 Å². The van der Waals surface area contributed by atoms with Gasteiger partial charge in [0.1, 0.15) is 5.82 Å². The highest BCUT2D eigenvalue weighted by atomic mass is 19.4. The zero-order chi connectivity index (χ0) is 16.3. The third-order valence-electron chi connectivity index (χ3n) is 5.09. The zero-order valence-corrected chi connectivity index (χ0v) is 13.2. The van der Waals surface area contributed by atoms with Crippen molar-refractivity contribution < 1.29 is 17.6 Å². The van der Waals surface area contributed by atoms with Crippen LogP contribution >= 0.6 is 0 Å². The number of halogens is 4. The van der Waals surface area contributed by atoms with E-state index in [0.717, 1.165) is 37.8 Å². The number of alkyl halides is 3. The second-order valence-corrected chi connectivity index (χ2v) is 6.61. The highest BCUT2D eigenvalue weighted by Gasteiger charge is 2.34. The maximum absolute atomic E-state index is 13.7. The van der Waals surface area contributed by atoms with Crippen LogP contribution in [0.15, 0.2) is 18.2 Å². The Kier molecular flexibility index (Phi) is 5.51. The van der Waals surface area contributed by atoms with E-state index in [-0.39, 0.29) is 5.92 Å². The molecule has 0 heterocycles. The second-order valence-electron chi connectivity index (χ2n) is 6.61. The third kappa shape index (κ3) is 4.02. The van der Waals surface area contributed by atoms with Crippen LogP contribution in [0, 0.1) is 17.7 Å². The Morgan fingerprint density at radius 2 is 1.77 bits per heavy atom. The number of hydrogen-bond acceptors (Lipinski definition) is 0. The lowest BCUT2D eigenvalue weighted by Crippen LogP contribution is -2.19. The summed E-state index contributed by atoms with van der Waals surface area (Å²) in [5.74, 6) is 0.458. The molecule has 0 amide bonds. The predicted molar refractivity (Wildman–Crippen MR) is 80.2 cm³/mol. The molecular weight excluding hydrogens is 292 g/mol. The minimum Gasteiger partial charge on any atom is -0.206 e. The fourth-order valence-electron chi connectivity index (χ4n) is 3.73. The van der Waals surface area contributed by atoms with Crippen LogP contribution in [-0.4, -0.2) is 0 Å². The molecule has 0 aromatic heterocycles. The van der Waals surface area contributed by atoms with E-state index in [1.807, 2.05) is 0 Å². The Bertz CT molecular complexity index is 484. The van der Waals surface area contributed by atoms with Gasteiger partial charge in [-0.25, -0.2) is 4.39 Å². The summed E-state index contributed by atoms with van der Waals surface area (Å²) in [5.41, 5.74) is -0.450. The van der Waals surface area contributed by atoms with Crippen molar-refractivity contribution in [3.8, 4) is 0 Å². The van der Waals surface area contributed by atoms with E-state index >= 15 is 0 Å². The van der Waals surface area contributed by atoms with Gasteiger partial charge in [-0.3, -0.25) is 0 Å². The van der Waals surface area contributed by atoms with Crippen LogP contribution in [0.3, 0.4) is 0 Å². The van der Waals surface area contributed by atoms with Crippen molar-refractivity contribution in [2.24, 2.45) is 11.8 Å². The molecule has 1 aliphatic carbocycles. The zero-order valence-electron chi connectivity index (χ0n) is 13.2. The van der Waals surface area contributed by atoms with Crippen LogP contribution < -0.4 is 0 Å². The molecule has 124 valence electrons. The minimum atomic E-state index is -4.62. The smallest absolute Gasteiger partial charge is 0.206 e. The number of benzene rings is 1. The van der Waals surface area contributed by atoms with Crippen molar-refractivity contribution in [1.29, 1.82) is 0 Å². The summed E-state index contributed by atoms with van der Waals surface area (Å²) in [6.45, 7) is 4.47. The molecule has 1 aliphatic rings. The summed E-state index contributed by atoms with van der Waals surface area (Å²) in [5, 5.41) is 0. The molecule has 0 radical (unpaired) electrons. The van der Waals surface area contributed by atoms with E-state index in [1.54, 1.807) is 0 Å². The van der Waals surface area contributed by atoms with Gasteiger partial charge in [-0.1, -0.05) is 32.8 Å². The fourth-order valence-corrected chi connectivity index (χ4v) is 3.73. The van der Waals surface area contributed by atoms with Gasteiger partial charge in [-0.15, -0.1) is 0 Å². The minimum absolute atomic E-state index is 0.196. The summed E-state index contributed by atoms with van der Waals surface area (Å²) in [7, 11) is 0. The summed E-state index contributed by atoms with van der Waals surface area (Å²) in [6, 6.07) is 3.42. The first-order valence-electron chi connectivity index (χ1n) is 8.19. The first kappa shape index (κ1) is 17.3. The van der Waals surface area contributed by atoms with E-state index in [0.29, 0.717) is 17.4 Å². The number of hydrogen-bond donors (Lipinski definition) is 0. The van der Waals surface area contributed by atoms with Gasteiger partial charge in [-0.05, 0) is 61.1 Å². The Labute approximate surface area is 129 Å². The molecule has 22 heavy (non-hydrogen) atoms. The summed E-state index contributed by atoms with van der Waals surface area (Å²) < 4.78 is 51.5. The first-order chi connectivity index (χ1) is 10.3. The van der Waals surface area contributed by atoms with Crippen LogP contribution in [0.5, 0.6) is 0 Å². The summed E-state index contributed by atoms with van der Waals surface area (Å²) in [6.07, 6.45) is 1.88. The Balaban J connectivity index is 2.01. The molecule has 1 atom stereocenters. The van der Waals surface area contributed by atoms with Gasteiger partial charge in [0.2, 0.25) is 0 Å². The average Bonchev–Trinajstić information content (AvgIpc) is 2.46. The Hall–Kier alpha value is -1.06. The molecule has 2 rings (SSSR count). The molecule has 0 spiro atoms. The highest BCUT2D eigenvalue weighted by Crippen LogP contribution is 2.41.